The van der Waals surface area contributed by atoms with Crippen LogP contribution in [0.25, 0.3) is 0 Å². The van der Waals surface area contributed by atoms with Gasteiger partial charge in [-0.2, -0.15) is 0 Å². The molecular formula is C13H22O3. The molecule has 1 unspecified atom stereocenters. The Morgan fingerprint density at radius 3 is 2.62 bits per heavy atom. The van der Waals surface area contributed by atoms with E-state index < -0.39 is 0 Å². The van der Waals surface area contributed by atoms with Crippen molar-refractivity contribution in [3.05, 3.63) is 12.2 Å². The van der Waals surface area contributed by atoms with E-state index in [0.717, 1.165) is 26.1 Å². The molecule has 16 heavy (non-hydrogen) atoms. The fraction of sp³-hybridized carbons (Fsp3) is 0.769. The van der Waals surface area contributed by atoms with Crippen LogP contribution in [0, 0.1) is 5.92 Å². The Balaban J connectivity index is 2.37. The summed E-state index contributed by atoms with van der Waals surface area (Å²) in [6, 6.07) is 0. The van der Waals surface area contributed by atoms with E-state index in [2.05, 4.69) is 13.5 Å². The highest BCUT2D eigenvalue weighted by Crippen LogP contribution is 2.23. The first-order chi connectivity index (χ1) is 7.65. The van der Waals surface area contributed by atoms with E-state index in [1.807, 2.05) is 0 Å². The lowest BCUT2D eigenvalue weighted by Gasteiger charge is -2.33. The second-order valence-electron chi connectivity index (χ2n) is 4.52. The van der Waals surface area contributed by atoms with Crippen molar-refractivity contribution < 1.29 is 14.3 Å². The van der Waals surface area contributed by atoms with Crippen molar-refractivity contribution in [3.63, 3.8) is 0 Å². The summed E-state index contributed by atoms with van der Waals surface area (Å²) >= 11 is 0. The first-order valence-corrected chi connectivity index (χ1v) is 6.09. The van der Waals surface area contributed by atoms with Crippen LogP contribution < -0.4 is 0 Å². The topological polar surface area (TPSA) is 35.5 Å². The fourth-order valence-electron chi connectivity index (χ4n) is 1.69. The highest BCUT2D eigenvalue weighted by molar-refractivity contribution is 5.87. The van der Waals surface area contributed by atoms with Crippen LogP contribution in [0.4, 0.5) is 0 Å². The van der Waals surface area contributed by atoms with E-state index in [1.165, 1.54) is 12.8 Å². The molecule has 92 valence electrons. The number of rotatable bonds is 7. The van der Waals surface area contributed by atoms with Gasteiger partial charge in [-0.3, -0.25) is 0 Å². The van der Waals surface area contributed by atoms with Gasteiger partial charge < -0.3 is 9.47 Å². The standard InChI is InChI=1S/C13H22O3/c1-4-5-6-7-12(11-8-15-9-11)16-13(14)10(2)3/h11-12H,2,4-9H2,1,3H3. The van der Waals surface area contributed by atoms with E-state index in [-0.39, 0.29) is 12.1 Å². The summed E-state index contributed by atoms with van der Waals surface area (Å²) in [4.78, 5) is 11.5. The lowest BCUT2D eigenvalue weighted by molar-refractivity contribution is -0.159. The third kappa shape index (κ3) is 3.97. The minimum Gasteiger partial charge on any atom is -0.459 e. The van der Waals surface area contributed by atoms with Crippen LogP contribution in [0.2, 0.25) is 0 Å². The summed E-state index contributed by atoms with van der Waals surface area (Å²) < 4.78 is 10.6. The van der Waals surface area contributed by atoms with Gasteiger partial charge in [0.15, 0.2) is 0 Å². The van der Waals surface area contributed by atoms with Crippen LogP contribution in [0.15, 0.2) is 12.2 Å². The molecule has 0 radical (unpaired) electrons. The Morgan fingerprint density at radius 2 is 2.19 bits per heavy atom. The fourth-order valence-corrected chi connectivity index (χ4v) is 1.69. The van der Waals surface area contributed by atoms with Gasteiger partial charge in [0.05, 0.1) is 13.2 Å². The molecule has 0 spiro atoms. The van der Waals surface area contributed by atoms with Crippen LogP contribution in [-0.2, 0) is 14.3 Å². The third-order valence-electron chi connectivity index (χ3n) is 2.89. The number of carbonyl (C=O) groups is 1. The number of hydrogen-bond acceptors (Lipinski definition) is 3. The summed E-state index contributed by atoms with van der Waals surface area (Å²) in [5, 5.41) is 0. The van der Waals surface area contributed by atoms with Crippen molar-refractivity contribution in [2.45, 2.75) is 45.6 Å². The van der Waals surface area contributed by atoms with Crippen LogP contribution in [-0.4, -0.2) is 25.3 Å². The predicted octanol–water partition coefficient (Wildman–Crippen LogP) is 2.70. The largest absolute Gasteiger partial charge is 0.459 e. The molecule has 3 nitrogen and oxygen atoms in total. The second-order valence-corrected chi connectivity index (χ2v) is 4.52. The summed E-state index contributed by atoms with van der Waals surface area (Å²) in [7, 11) is 0. The summed E-state index contributed by atoms with van der Waals surface area (Å²) in [5.41, 5.74) is 0.473. The van der Waals surface area contributed by atoms with Crippen LogP contribution in [0.1, 0.15) is 39.5 Å². The average molecular weight is 226 g/mol. The van der Waals surface area contributed by atoms with Crippen LogP contribution in [0.3, 0.4) is 0 Å². The van der Waals surface area contributed by atoms with Gasteiger partial charge in [0.1, 0.15) is 6.10 Å². The van der Waals surface area contributed by atoms with Crippen molar-refractivity contribution in [2.24, 2.45) is 5.92 Å². The molecule has 0 bridgehead atoms. The van der Waals surface area contributed by atoms with Crippen molar-refractivity contribution in [2.75, 3.05) is 13.2 Å². The molecule has 1 atom stereocenters. The molecule has 1 rings (SSSR count). The monoisotopic (exact) mass is 226 g/mol. The van der Waals surface area contributed by atoms with Gasteiger partial charge >= 0.3 is 5.97 Å². The maximum Gasteiger partial charge on any atom is 0.333 e. The van der Waals surface area contributed by atoms with Crippen molar-refractivity contribution in [1.29, 1.82) is 0 Å². The molecular weight excluding hydrogens is 204 g/mol. The number of unbranched alkanes of at least 4 members (excludes halogenated alkanes) is 2. The Labute approximate surface area is 97.8 Å². The first kappa shape index (κ1) is 13.2. The van der Waals surface area contributed by atoms with Crippen molar-refractivity contribution in [3.8, 4) is 0 Å². The zero-order valence-electron chi connectivity index (χ0n) is 10.3. The maximum atomic E-state index is 11.5. The Bertz CT molecular complexity index is 244. The van der Waals surface area contributed by atoms with E-state index >= 15 is 0 Å². The lowest BCUT2D eigenvalue weighted by atomic mass is 9.95. The molecule has 1 aliphatic heterocycles. The maximum absolute atomic E-state index is 11.5. The number of carbonyl (C=O) groups excluding carboxylic acids is 1. The molecule has 0 aromatic rings. The quantitative estimate of drug-likeness (QED) is 0.380. The van der Waals surface area contributed by atoms with Gasteiger partial charge in [-0.25, -0.2) is 4.79 Å². The molecule has 1 heterocycles. The molecule has 0 aromatic carbocycles. The molecule has 1 aliphatic rings. The highest BCUT2D eigenvalue weighted by atomic mass is 16.6. The Hall–Kier alpha value is -0.830. The van der Waals surface area contributed by atoms with Gasteiger partial charge in [0.2, 0.25) is 0 Å². The Morgan fingerprint density at radius 1 is 1.50 bits per heavy atom. The SMILES string of the molecule is C=C(C)C(=O)OC(CCCCC)C1COC1. The zero-order valence-corrected chi connectivity index (χ0v) is 10.3. The molecule has 1 fully saturated rings. The molecule has 0 amide bonds. The number of esters is 1. The van der Waals surface area contributed by atoms with E-state index in [9.17, 15) is 4.79 Å². The lowest BCUT2D eigenvalue weighted by Crippen LogP contribution is -2.40. The minimum absolute atomic E-state index is 0.0181. The molecule has 3 heteroatoms. The molecule has 0 aromatic heterocycles. The van der Waals surface area contributed by atoms with Gasteiger partial charge in [0, 0.05) is 11.5 Å². The Kier molecular flexibility index (Phi) is 5.53. The van der Waals surface area contributed by atoms with Gasteiger partial charge in [-0.05, 0) is 19.8 Å². The zero-order chi connectivity index (χ0) is 12.0. The van der Waals surface area contributed by atoms with E-state index in [0.29, 0.717) is 11.5 Å². The molecule has 0 N–H and O–H groups in total. The predicted molar refractivity (Wildman–Crippen MR) is 63.1 cm³/mol. The van der Waals surface area contributed by atoms with Gasteiger partial charge in [-0.15, -0.1) is 0 Å². The van der Waals surface area contributed by atoms with Crippen LogP contribution >= 0.6 is 0 Å². The van der Waals surface area contributed by atoms with E-state index in [1.54, 1.807) is 6.92 Å². The number of hydrogen-bond donors (Lipinski definition) is 0. The second kappa shape index (κ2) is 6.69. The minimum atomic E-state index is -0.270. The molecule has 0 aliphatic carbocycles. The number of ether oxygens (including phenoxy) is 2. The molecule has 1 saturated heterocycles. The molecule has 0 saturated carbocycles. The normalized spacial score (nSPS) is 17.6. The highest BCUT2D eigenvalue weighted by Gasteiger charge is 2.30. The summed E-state index contributed by atoms with van der Waals surface area (Å²) in [6.07, 6.45) is 4.45. The van der Waals surface area contributed by atoms with Crippen molar-refractivity contribution in [1.82, 2.24) is 0 Å². The smallest absolute Gasteiger partial charge is 0.333 e. The average Bonchev–Trinajstić information content (AvgIpc) is 2.15. The van der Waals surface area contributed by atoms with E-state index in [4.69, 9.17) is 9.47 Å². The summed E-state index contributed by atoms with van der Waals surface area (Å²) in [5.74, 6) is 0.119. The first-order valence-electron chi connectivity index (χ1n) is 6.09. The summed E-state index contributed by atoms with van der Waals surface area (Å²) in [6.45, 7) is 8.90. The van der Waals surface area contributed by atoms with Crippen molar-refractivity contribution >= 4 is 5.97 Å². The van der Waals surface area contributed by atoms with Crippen LogP contribution in [0.5, 0.6) is 0 Å². The van der Waals surface area contributed by atoms with Gasteiger partial charge in [-0.1, -0.05) is 26.3 Å². The van der Waals surface area contributed by atoms with Gasteiger partial charge in [0.25, 0.3) is 0 Å². The third-order valence-corrected chi connectivity index (χ3v) is 2.89.